The number of ether oxygens (including phenoxy) is 2. The highest BCUT2D eigenvalue weighted by atomic mass is 35.5. The number of nitrogens with zero attached hydrogens (tertiary/aromatic N) is 3. The quantitative estimate of drug-likeness (QED) is 0.380. The fourth-order valence-corrected chi connectivity index (χ4v) is 5.14. The van der Waals surface area contributed by atoms with Crippen molar-refractivity contribution in [2.24, 2.45) is 0 Å². The van der Waals surface area contributed by atoms with Crippen LogP contribution in [0.2, 0.25) is 5.02 Å². The standard InChI is InChI=1S/C28H30ClF3N4O2.C2H6/c29-22-4-8-24(9-5-22)38-25-10-6-23(7-11-25)36-26(20-2-1-3-21(18-20)28(30,31)32)19-35(27(36)33)13-12-34-14-16-37-17-15-34;1-2/h2,4-11,18,26,33H,1,3,12-17,19H2;1-2H3. The average Bonchev–Trinajstić information content (AvgIpc) is 3.30. The van der Waals surface area contributed by atoms with Gasteiger partial charge in [-0.2, -0.15) is 13.2 Å². The molecule has 0 amide bonds. The van der Waals surface area contributed by atoms with Crippen molar-refractivity contribution in [2.45, 2.75) is 38.9 Å². The molecule has 1 aliphatic carbocycles. The van der Waals surface area contributed by atoms with E-state index >= 15 is 0 Å². The molecule has 0 saturated carbocycles. The summed E-state index contributed by atoms with van der Waals surface area (Å²) in [6.45, 7) is 8.89. The molecule has 0 aromatic heterocycles. The van der Waals surface area contributed by atoms with Crippen LogP contribution in [0.25, 0.3) is 0 Å². The van der Waals surface area contributed by atoms with Gasteiger partial charge in [-0.3, -0.25) is 10.3 Å². The van der Waals surface area contributed by atoms with Crippen molar-refractivity contribution in [1.82, 2.24) is 9.80 Å². The summed E-state index contributed by atoms with van der Waals surface area (Å²) in [6, 6.07) is 13.9. The molecule has 2 fully saturated rings. The van der Waals surface area contributed by atoms with Crippen LogP contribution in [0.5, 0.6) is 11.5 Å². The average molecular weight is 577 g/mol. The molecule has 40 heavy (non-hydrogen) atoms. The molecule has 216 valence electrons. The number of rotatable bonds is 7. The number of guanidine groups is 1. The molecule has 6 nitrogen and oxygen atoms in total. The number of hydrogen-bond donors (Lipinski definition) is 1. The monoisotopic (exact) mass is 576 g/mol. The molecule has 10 heteroatoms. The van der Waals surface area contributed by atoms with Gasteiger partial charge in [0, 0.05) is 49.0 Å². The molecule has 0 spiro atoms. The van der Waals surface area contributed by atoms with Crippen LogP contribution in [0.3, 0.4) is 0 Å². The lowest BCUT2D eigenvalue weighted by Gasteiger charge is -2.29. The van der Waals surface area contributed by atoms with Crippen LogP contribution < -0.4 is 9.64 Å². The fraction of sp³-hybridized carbons (Fsp3) is 0.433. The third-order valence-corrected chi connectivity index (χ3v) is 7.32. The highest BCUT2D eigenvalue weighted by Gasteiger charge is 2.40. The summed E-state index contributed by atoms with van der Waals surface area (Å²) in [5, 5.41) is 9.60. The normalized spacial score (nSPS) is 20.1. The minimum Gasteiger partial charge on any atom is -0.457 e. The second-order valence-electron chi connectivity index (χ2n) is 9.57. The van der Waals surface area contributed by atoms with Crippen molar-refractivity contribution < 1.29 is 22.6 Å². The number of hydrogen-bond acceptors (Lipinski definition) is 4. The second-order valence-corrected chi connectivity index (χ2v) is 10.0. The van der Waals surface area contributed by atoms with Gasteiger partial charge in [-0.25, -0.2) is 0 Å². The van der Waals surface area contributed by atoms with E-state index in [-0.39, 0.29) is 12.4 Å². The van der Waals surface area contributed by atoms with Crippen LogP contribution in [-0.2, 0) is 4.74 Å². The topological polar surface area (TPSA) is 52.0 Å². The van der Waals surface area contributed by atoms with Crippen LogP contribution in [0.4, 0.5) is 18.9 Å². The number of nitrogens with one attached hydrogen (secondary N) is 1. The van der Waals surface area contributed by atoms with E-state index in [1.54, 1.807) is 36.4 Å². The molecule has 1 atom stereocenters. The molecule has 0 bridgehead atoms. The summed E-state index contributed by atoms with van der Waals surface area (Å²) >= 11 is 5.95. The van der Waals surface area contributed by atoms with Crippen LogP contribution in [0, 0.1) is 5.41 Å². The first kappa shape index (κ1) is 30.0. The van der Waals surface area contributed by atoms with Crippen molar-refractivity contribution >= 4 is 23.2 Å². The van der Waals surface area contributed by atoms with Gasteiger partial charge in [0.2, 0.25) is 0 Å². The zero-order valence-electron chi connectivity index (χ0n) is 22.9. The fourth-order valence-electron chi connectivity index (χ4n) is 5.01. The molecule has 2 aliphatic heterocycles. The van der Waals surface area contributed by atoms with Crippen molar-refractivity contribution in [1.29, 1.82) is 5.41 Å². The largest absolute Gasteiger partial charge is 0.457 e. The van der Waals surface area contributed by atoms with Gasteiger partial charge in [-0.1, -0.05) is 31.5 Å². The SMILES string of the molecule is CC.N=C1N(CCN2CCOCC2)CC(C2=CCCC(C(F)(F)F)=C2)N1c1ccc(Oc2ccc(Cl)cc2)cc1. The van der Waals surface area contributed by atoms with Crippen molar-refractivity contribution in [2.75, 3.05) is 50.8 Å². The smallest absolute Gasteiger partial charge is 0.412 e. The molecule has 2 aromatic rings. The minimum atomic E-state index is -4.35. The summed E-state index contributed by atoms with van der Waals surface area (Å²) < 4.78 is 52.0. The molecule has 2 aromatic carbocycles. The Kier molecular flexibility index (Phi) is 10.2. The van der Waals surface area contributed by atoms with E-state index in [4.69, 9.17) is 26.5 Å². The summed E-state index contributed by atoms with van der Waals surface area (Å²) in [5.74, 6) is 1.53. The Hall–Kier alpha value is -3.01. The predicted molar refractivity (Wildman–Crippen MR) is 154 cm³/mol. The summed E-state index contributed by atoms with van der Waals surface area (Å²) in [5.41, 5.74) is 0.814. The molecule has 1 unspecified atom stereocenters. The van der Waals surface area contributed by atoms with Gasteiger partial charge in [0.1, 0.15) is 11.5 Å². The van der Waals surface area contributed by atoms with Gasteiger partial charge in [0.15, 0.2) is 5.96 Å². The molecular weight excluding hydrogens is 541 g/mol. The van der Waals surface area contributed by atoms with E-state index in [0.29, 0.717) is 54.8 Å². The number of allylic oxidation sites excluding steroid dienone is 2. The first-order valence-electron chi connectivity index (χ1n) is 13.7. The van der Waals surface area contributed by atoms with Crippen LogP contribution in [0.1, 0.15) is 26.7 Å². The van der Waals surface area contributed by atoms with Gasteiger partial charge in [-0.05, 0) is 73.0 Å². The van der Waals surface area contributed by atoms with E-state index < -0.39 is 17.8 Å². The number of alkyl halides is 3. The summed E-state index contributed by atoms with van der Waals surface area (Å²) in [6.07, 6.45) is -0.886. The van der Waals surface area contributed by atoms with Crippen molar-refractivity contribution in [3.05, 3.63) is 76.9 Å². The second kappa shape index (κ2) is 13.6. The number of halogens is 4. The van der Waals surface area contributed by atoms with Gasteiger partial charge in [0.25, 0.3) is 0 Å². The molecule has 1 N–H and O–H groups in total. The Labute approximate surface area is 239 Å². The van der Waals surface area contributed by atoms with Crippen molar-refractivity contribution in [3.63, 3.8) is 0 Å². The minimum absolute atomic E-state index is 0.0192. The maximum Gasteiger partial charge on any atom is 0.412 e. The van der Waals surface area contributed by atoms with Gasteiger partial charge >= 0.3 is 6.18 Å². The zero-order chi connectivity index (χ0) is 28.7. The van der Waals surface area contributed by atoms with E-state index in [1.807, 2.05) is 41.9 Å². The van der Waals surface area contributed by atoms with Crippen molar-refractivity contribution in [3.8, 4) is 11.5 Å². The molecule has 3 aliphatic rings. The van der Waals surface area contributed by atoms with E-state index in [2.05, 4.69) is 4.90 Å². The number of morpholine rings is 1. The van der Waals surface area contributed by atoms with E-state index in [0.717, 1.165) is 25.3 Å². The Morgan fingerprint density at radius 2 is 1.60 bits per heavy atom. The highest BCUT2D eigenvalue weighted by molar-refractivity contribution is 6.30. The molecular formula is C30H36ClF3N4O2. The first-order chi connectivity index (χ1) is 19.3. The van der Waals surface area contributed by atoms with Crippen LogP contribution in [0.15, 0.2) is 71.8 Å². The number of anilines is 1. The molecule has 2 heterocycles. The maximum absolute atomic E-state index is 13.5. The zero-order valence-corrected chi connectivity index (χ0v) is 23.6. The Bertz CT molecular complexity index is 1190. The first-order valence-corrected chi connectivity index (χ1v) is 14.1. The van der Waals surface area contributed by atoms with Gasteiger partial charge < -0.3 is 19.3 Å². The third-order valence-electron chi connectivity index (χ3n) is 7.07. The predicted octanol–water partition coefficient (Wildman–Crippen LogP) is 7.12. The lowest BCUT2D eigenvalue weighted by molar-refractivity contribution is -0.0941. The maximum atomic E-state index is 13.5. The summed E-state index contributed by atoms with van der Waals surface area (Å²) in [4.78, 5) is 6.07. The molecule has 0 radical (unpaired) electrons. The lowest BCUT2D eigenvalue weighted by Crippen LogP contribution is -2.42. The lowest BCUT2D eigenvalue weighted by atomic mass is 9.94. The van der Waals surface area contributed by atoms with Crippen LogP contribution in [-0.4, -0.2) is 73.9 Å². The van der Waals surface area contributed by atoms with E-state index in [1.165, 1.54) is 6.08 Å². The van der Waals surface area contributed by atoms with Gasteiger partial charge in [-0.15, -0.1) is 0 Å². The molecule has 2 saturated heterocycles. The highest BCUT2D eigenvalue weighted by Crippen LogP contribution is 2.37. The molecule has 5 rings (SSSR count). The van der Waals surface area contributed by atoms with Gasteiger partial charge in [0.05, 0.1) is 19.3 Å². The Morgan fingerprint density at radius 3 is 2.23 bits per heavy atom. The van der Waals surface area contributed by atoms with E-state index in [9.17, 15) is 13.2 Å². The van der Waals surface area contributed by atoms with Crippen LogP contribution >= 0.6 is 11.6 Å². The summed E-state index contributed by atoms with van der Waals surface area (Å²) in [7, 11) is 0. The Balaban J connectivity index is 0.00000181. The Morgan fingerprint density at radius 1 is 0.975 bits per heavy atom. The number of benzene rings is 2. The third kappa shape index (κ3) is 7.38.